The van der Waals surface area contributed by atoms with E-state index in [1.165, 1.54) is 25.7 Å². The zero-order valence-corrected chi connectivity index (χ0v) is 9.19. The Morgan fingerprint density at radius 2 is 1.93 bits per heavy atom. The predicted molar refractivity (Wildman–Crippen MR) is 61.7 cm³/mol. The van der Waals surface area contributed by atoms with Crippen molar-refractivity contribution in [1.29, 1.82) is 0 Å². The molecule has 1 aliphatic carbocycles. The van der Waals surface area contributed by atoms with Crippen molar-refractivity contribution < 1.29 is 0 Å². The van der Waals surface area contributed by atoms with E-state index < -0.39 is 0 Å². The van der Waals surface area contributed by atoms with Gasteiger partial charge in [-0.2, -0.15) is 0 Å². The van der Waals surface area contributed by atoms with Crippen LogP contribution in [0.4, 0.5) is 11.6 Å². The summed E-state index contributed by atoms with van der Waals surface area (Å²) < 4.78 is 0. The number of aromatic nitrogens is 2. The van der Waals surface area contributed by atoms with Gasteiger partial charge in [-0.15, -0.1) is 0 Å². The van der Waals surface area contributed by atoms with Gasteiger partial charge in [0.15, 0.2) is 0 Å². The van der Waals surface area contributed by atoms with Crippen LogP contribution in [-0.4, -0.2) is 22.6 Å². The van der Waals surface area contributed by atoms with E-state index in [9.17, 15) is 0 Å². The Bertz CT molecular complexity index is 303. The summed E-state index contributed by atoms with van der Waals surface area (Å²) in [5.74, 6) is 0.818. The van der Waals surface area contributed by atoms with Crippen molar-refractivity contribution in [3.8, 4) is 0 Å². The van der Waals surface area contributed by atoms with Crippen molar-refractivity contribution in [3.05, 3.63) is 12.4 Å². The average Bonchev–Trinajstić information content (AvgIpc) is 2.75. The molecule has 4 heteroatoms. The van der Waals surface area contributed by atoms with Gasteiger partial charge in [0.1, 0.15) is 0 Å². The molecule has 1 heterocycles. The lowest BCUT2D eigenvalue weighted by Crippen LogP contribution is -2.34. The van der Waals surface area contributed by atoms with Crippen LogP contribution >= 0.6 is 0 Å². The summed E-state index contributed by atoms with van der Waals surface area (Å²) in [7, 11) is 0. The Balaban J connectivity index is 2.14. The monoisotopic (exact) mass is 206 g/mol. The molecule has 1 aliphatic rings. The number of nitrogens with two attached hydrogens (primary N) is 1. The topological polar surface area (TPSA) is 55.0 Å². The van der Waals surface area contributed by atoms with Crippen LogP contribution in [0.5, 0.6) is 0 Å². The average molecular weight is 206 g/mol. The third kappa shape index (κ3) is 2.19. The number of anilines is 2. The van der Waals surface area contributed by atoms with Crippen molar-refractivity contribution in [1.82, 2.24) is 9.97 Å². The lowest BCUT2D eigenvalue weighted by molar-refractivity contribution is 0.605. The second kappa shape index (κ2) is 4.47. The molecule has 82 valence electrons. The van der Waals surface area contributed by atoms with Crippen LogP contribution < -0.4 is 10.6 Å². The Morgan fingerprint density at radius 1 is 1.33 bits per heavy atom. The van der Waals surface area contributed by atoms with Gasteiger partial charge in [0.05, 0.1) is 18.1 Å². The van der Waals surface area contributed by atoms with E-state index in [4.69, 9.17) is 5.73 Å². The molecule has 0 saturated heterocycles. The number of rotatable bonds is 3. The summed E-state index contributed by atoms with van der Waals surface area (Å²) in [5, 5.41) is 0. The fraction of sp³-hybridized carbons (Fsp3) is 0.636. The minimum Gasteiger partial charge on any atom is -0.396 e. The highest BCUT2D eigenvalue weighted by atomic mass is 15.3. The van der Waals surface area contributed by atoms with Crippen molar-refractivity contribution in [2.24, 2.45) is 0 Å². The molecule has 0 aliphatic heterocycles. The van der Waals surface area contributed by atoms with E-state index in [2.05, 4.69) is 21.8 Å². The molecule has 0 atom stereocenters. The van der Waals surface area contributed by atoms with Crippen LogP contribution in [0.25, 0.3) is 0 Å². The van der Waals surface area contributed by atoms with Crippen molar-refractivity contribution in [3.63, 3.8) is 0 Å². The zero-order chi connectivity index (χ0) is 10.7. The molecule has 0 unspecified atom stereocenters. The normalized spacial score (nSPS) is 16.9. The van der Waals surface area contributed by atoms with E-state index >= 15 is 0 Å². The quantitative estimate of drug-likeness (QED) is 0.819. The Morgan fingerprint density at radius 3 is 2.47 bits per heavy atom. The number of hydrogen-bond donors (Lipinski definition) is 1. The highest BCUT2D eigenvalue weighted by molar-refractivity contribution is 5.38. The van der Waals surface area contributed by atoms with Gasteiger partial charge in [-0.05, 0) is 19.8 Å². The first-order valence-corrected chi connectivity index (χ1v) is 5.65. The summed E-state index contributed by atoms with van der Waals surface area (Å²) in [6.45, 7) is 3.12. The van der Waals surface area contributed by atoms with E-state index in [1.807, 2.05) is 0 Å². The van der Waals surface area contributed by atoms with Crippen LogP contribution in [0.2, 0.25) is 0 Å². The van der Waals surface area contributed by atoms with Gasteiger partial charge in [0.25, 0.3) is 0 Å². The summed E-state index contributed by atoms with van der Waals surface area (Å²) in [5.41, 5.74) is 6.20. The van der Waals surface area contributed by atoms with Crippen molar-refractivity contribution in [2.45, 2.75) is 38.6 Å². The molecule has 0 amide bonds. The van der Waals surface area contributed by atoms with Crippen LogP contribution in [0, 0.1) is 0 Å². The molecule has 0 radical (unpaired) electrons. The lowest BCUT2D eigenvalue weighted by atomic mass is 10.2. The molecule has 1 aromatic rings. The largest absolute Gasteiger partial charge is 0.396 e. The van der Waals surface area contributed by atoms with Crippen molar-refractivity contribution in [2.75, 3.05) is 17.2 Å². The number of nitrogens with zero attached hydrogens (tertiary/aromatic N) is 3. The molecule has 0 bridgehead atoms. The summed E-state index contributed by atoms with van der Waals surface area (Å²) in [4.78, 5) is 10.9. The van der Waals surface area contributed by atoms with Gasteiger partial charge in [0, 0.05) is 12.6 Å². The first kappa shape index (κ1) is 10.2. The molecule has 2 rings (SSSR count). The molecular formula is C11H18N4. The van der Waals surface area contributed by atoms with Gasteiger partial charge < -0.3 is 10.6 Å². The first-order valence-electron chi connectivity index (χ1n) is 5.65. The van der Waals surface area contributed by atoms with E-state index in [-0.39, 0.29) is 0 Å². The minimum absolute atomic E-state index is 0.624. The molecular weight excluding hydrogens is 188 g/mol. The molecule has 0 aromatic carbocycles. The van der Waals surface area contributed by atoms with E-state index in [0.29, 0.717) is 11.7 Å². The third-order valence-corrected chi connectivity index (χ3v) is 3.02. The van der Waals surface area contributed by atoms with Gasteiger partial charge in [-0.3, -0.25) is 0 Å². The van der Waals surface area contributed by atoms with Gasteiger partial charge in [-0.25, -0.2) is 9.97 Å². The first-order chi connectivity index (χ1) is 7.31. The second-order valence-corrected chi connectivity index (χ2v) is 4.04. The number of hydrogen-bond acceptors (Lipinski definition) is 4. The van der Waals surface area contributed by atoms with Gasteiger partial charge in [-0.1, -0.05) is 12.8 Å². The highest BCUT2D eigenvalue weighted by Gasteiger charge is 2.22. The molecule has 15 heavy (non-hydrogen) atoms. The number of nitrogen functional groups attached to an aromatic ring is 1. The molecule has 1 fully saturated rings. The predicted octanol–water partition coefficient (Wildman–Crippen LogP) is 1.83. The van der Waals surface area contributed by atoms with Crippen LogP contribution in [-0.2, 0) is 0 Å². The molecule has 4 nitrogen and oxygen atoms in total. The maximum Gasteiger partial charge on any atom is 0.225 e. The molecule has 1 aromatic heterocycles. The van der Waals surface area contributed by atoms with E-state index in [0.717, 1.165) is 12.5 Å². The maximum atomic E-state index is 5.58. The minimum atomic E-state index is 0.624. The highest BCUT2D eigenvalue weighted by Crippen LogP contribution is 2.25. The second-order valence-electron chi connectivity index (χ2n) is 4.04. The summed E-state index contributed by atoms with van der Waals surface area (Å²) in [6.07, 6.45) is 8.55. The van der Waals surface area contributed by atoms with Crippen LogP contribution in [0.1, 0.15) is 32.6 Å². The Labute approximate surface area is 90.5 Å². The Hall–Kier alpha value is -1.32. The summed E-state index contributed by atoms with van der Waals surface area (Å²) in [6, 6.07) is 0.624. The van der Waals surface area contributed by atoms with Crippen LogP contribution in [0.3, 0.4) is 0 Å². The fourth-order valence-corrected chi connectivity index (χ4v) is 2.26. The van der Waals surface area contributed by atoms with Gasteiger partial charge in [0.2, 0.25) is 5.95 Å². The standard InChI is InChI=1S/C11H18N4/c1-2-15(10-5-3-4-6-10)11-13-7-9(12)8-14-11/h7-8,10H,2-6,12H2,1H3. The third-order valence-electron chi connectivity index (χ3n) is 3.02. The SMILES string of the molecule is CCN(c1ncc(N)cn1)C1CCCC1. The fourth-order valence-electron chi connectivity index (χ4n) is 2.26. The molecule has 1 saturated carbocycles. The van der Waals surface area contributed by atoms with E-state index in [1.54, 1.807) is 12.4 Å². The smallest absolute Gasteiger partial charge is 0.225 e. The molecule has 0 spiro atoms. The maximum absolute atomic E-state index is 5.58. The van der Waals surface area contributed by atoms with Gasteiger partial charge >= 0.3 is 0 Å². The van der Waals surface area contributed by atoms with Crippen molar-refractivity contribution >= 4 is 11.6 Å². The molecule has 2 N–H and O–H groups in total. The Kier molecular flexibility index (Phi) is 3.04. The van der Waals surface area contributed by atoms with Crippen LogP contribution in [0.15, 0.2) is 12.4 Å². The zero-order valence-electron chi connectivity index (χ0n) is 9.19. The summed E-state index contributed by atoms with van der Waals surface area (Å²) >= 11 is 0. The lowest BCUT2D eigenvalue weighted by Gasteiger charge is -2.27.